The van der Waals surface area contributed by atoms with Crippen molar-refractivity contribution in [3.63, 3.8) is 0 Å². The number of rotatable bonds is 5. The van der Waals surface area contributed by atoms with Crippen LogP contribution < -0.4 is 15.0 Å². The van der Waals surface area contributed by atoms with Crippen LogP contribution in [0.1, 0.15) is 31.4 Å². The number of ether oxygens (including phenoxy) is 1. The number of para-hydroxylation sites is 3. The summed E-state index contributed by atoms with van der Waals surface area (Å²) in [6.07, 6.45) is 0.225. The molecule has 1 aliphatic rings. The molecular weight excluding hydrogens is 340 g/mol. The highest BCUT2D eigenvalue weighted by Crippen LogP contribution is 2.32. The average Bonchev–Trinajstić information content (AvgIpc) is 2.98. The second-order valence-electron chi connectivity index (χ2n) is 7.30. The highest BCUT2D eigenvalue weighted by Gasteiger charge is 2.36. The van der Waals surface area contributed by atoms with Crippen molar-refractivity contribution in [2.45, 2.75) is 40.2 Å². The number of hydrogen-bond acceptors (Lipinski definition) is 3. The van der Waals surface area contributed by atoms with Gasteiger partial charge in [-0.2, -0.15) is 0 Å². The predicted molar refractivity (Wildman–Crippen MR) is 107 cm³/mol. The Hall–Kier alpha value is -2.82. The molecule has 0 bridgehead atoms. The molecule has 3 rings (SSSR count). The molecular formula is C22H26N2O3. The van der Waals surface area contributed by atoms with Crippen LogP contribution >= 0.6 is 0 Å². The van der Waals surface area contributed by atoms with Crippen molar-refractivity contribution in [3.05, 3.63) is 53.6 Å². The van der Waals surface area contributed by atoms with E-state index in [9.17, 15) is 9.59 Å². The second-order valence-corrected chi connectivity index (χ2v) is 7.30. The third kappa shape index (κ3) is 4.13. The maximum atomic E-state index is 12.8. The van der Waals surface area contributed by atoms with Crippen LogP contribution in [0.4, 0.5) is 11.4 Å². The number of nitrogens with zero attached hydrogens (tertiary/aromatic N) is 1. The molecule has 1 unspecified atom stereocenters. The predicted octanol–water partition coefficient (Wildman–Crippen LogP) is 4.08. The number of hydrogen-bond donors (Lipinski definition) is 1. The fourth-order valence-electron chi connectivity index (χ4n) is 3.49. The summed E-state index contributed by atoms with van der Waals surface area (Å²) in [5, 5.41) is 2.94. The van der Waals surface area contributed by atoms with E-state index in [2.05, 4.69) is 5.32 Å². The van der Waals surface area contributed by atoms with Gasteiger partial charge in [-0.15, -0.1) is 0 Å². The Labute approximate surface area is 160 Å². The standard InChI is InChI=1S/C22H26N2O3/c1-14(2)27-19-11-6-5-10-18(19)23-22(26)17-12-20(25)24(13-17)21-15(3)8-7-9-16(21)4/h5-11,14,17H,12-13H2,1-4H3,(H,23,26). The van der Waals surface area contributed by atoms with Crippen LogP contribution in [0.3, 0.4) is 0 Å². The molecule has 1 saturated heterocycles. The fraction of sp³-hybridized carbons (Fsp3) is 0.364. The van der Waals surface area contributed by atoms with Gasteiger partial charge in [-0.1, -0.05) is 30.3 Å². The van der Waals surface area contributed by atoms with Crippen LogP contribution in [0.15, 0.2) is 42.5 Å². The van der Waals surface area contributed by atoms with Crippen molar-refractivity contribution in [1.29, 1.82) is 0 Å². The highest BCUT2D eigenvalue weighted by molar-refractivity contribution is 6.04. The maximum Gasteiger partial charge on any atom is 0.229 e. The van der Waals surface area contributed by atoms with E-state index >= 15 is 0 Å². The second kappa shape index (κ2) is 7.82. The normalized spacial score (nSPS) is 16.7. The Morgan fingerprint density at radius 2 is 1.78 bits per heavy atom. The summed E-state index contributed by atoms with van der Waals surface area (Å²) in [5.74, 6) is 0.0801. The van der Waals surface area contributed by atoms with Crippen LogP contribution in [0, 0.1) is 19.8 Å². The van der Waals surface area contributed by atoms with Crippen molar-refractivity contribution in [2.24, 2.45) is 5.92 Å². The Bertz CT molecular complexity index is 840. The van der Waals surface area contributed by atoms with Crippen molar-refractivity contribution in [3.8, 4) is 5.75 Å². The van der Waals surface area contributed by atoms with Crippen LogP contribution in [-0.2, 0) is 9.59 Å². The summed E-state index contributed by atoms with van der Waals surface area (Å²) in [6, 6.07) is 13.3. The fourth-order valence-corrected chi connectivity index (χ4v) is 3.49. The van der Waals surface area contributed by atoms with E-state index in [-0.39, 0.29) is 30.3 Å². The average molecular weight is 366 g/mol. The van der Waals surface area contributed by atoms with Crippen molar-refractivity contribution in [2.75, 3.05) is 16.8 Å². The molecule has 0 aliphatic carbocycles. The smallest absolute Gasteiger partial charge is 0.229 e. The Balaban J connectivity index is 1.75. The lowest BCUT2D eigenvalue weighted by Crippen LogP contribution is -2.29. The van der Waals surface area contributed by atoms with Crippen LogP contribution in [0.25, 0.3) is 0 Å². The molecule has 0 radical (unpaired) electrons. The maximum absolute atomic E-state index is 12.8. The van der Waals surface area contributed by atoms with Gasteiger partial charge in [0.05, 0.1) is 17.7 Å². The van der Waals surface area contributed by atoms with Gasteiger partial charge in [-0.25, -0.2) is 0 Å². The van der Waals surface area contributed by atoms with E-state index in [0.29, 0.717) is 18.0 Å². The minimum atomic E-state index is -0.386. The van der Waals surface area contributed by atoms with E-state index < -0.39 is 0 Å². The van der Waals surface area contributed by atoms with Gasteiger partial charge in [0.1, 0.15) is 5.75 Å². The summed E-state index contributed by atoms with van der Waals surface area (Å²) in [5.41, 5.74) is 3.63. The van der Waals surface area contributed by atoms with Gasteiger partial charge in [-0.3, -0.25) is 9.59 Å². The number of aryl methyl sites for hydroxylation is 2. The van der Waals surface area contributed by atoms with Gasteiger partial charge in [0.15, 0.2) is 0 Å². The first-order valence-corrected chi connectivity index (χ1v) is 9.30. The summed E-state index contributed by atoms with van der Waals surface area (Å²) in [6.45, 7) is 8.25. The molecule has 1 N–H and O–H groups in total. The lowest BCUT2D eigenvalue weighted by Gasteiger charge is -2.21. The third-order valence-electron chi connectivity index (χ3n) is 4.71. The molecule has 1 heterocycles. The summed E-state index contributed by atoms with van der Waals surface area (Å²) < 4.78 is 5.76. The van der Waals surface area contributed by atoms with Crippen molar-refractivity contribution < 1.29 is 14.3 Å². The zero-order chi connectivity index (χ0) is 19.6. The van der Waals surface area contributed by atoms with E-state index in [1.54, 1.807) is 4.90 Å². The number of carbonyl (C=O) groups excluding carboxylic acids is 2. The van der Waals surface area contributed by atoms with Gasteiger partial charge in [-0.05, 0) is 51.0 Å². The van der Waals surface area contributed by atoms with Crippen LogP contribution in [-0.4, -0.2) is 24.5 Å². The van der Waals surface area contributed by atoms with E-state index in [4.69, 9.17) is 4.74 Å². The monoisotopic (exact) mass is 366 g/mol. The first-order valence-electron chi connectivity index (χ1n) is 9.30. The molecule has 5 heteroatoms. The molecule has 0 spiro atoms. The largest absolute Gasteiger partial charge is 0.489 e. The van der Waals surface area contributed by atoms with Gasteiger partial charge < -0.3 is 15.0 Å². The SMILES string of the molecule is Cc1cccc(C)c1N1CC(C(=O)Nc2ccccc2OC(C)C)CC1=O. The van der Waals surface area contributed by atoms with Crippen LogP contribution in [0.5, 0.6) is 5.75 Å². The lowest BCUT2D eigenvalue weighted by molar-refractivity contribution is -0.122. The zero-order valence-electron chi connectivity index (χ0n) is 16.3. The lowest BCUT2D eigenvalue weighted by atomic mass is 10.1. The number of amides is 2. The molecule has 0 saturated carbocycles. The van der Waals surface area contributed by atoms with Gasteiger partial charge in [0.2, 0.25) is 11.8 Å². The van der Waals surface area contributed by atoms with Gasteiger partial charge in [0.25, 0.3) is 0 Å². The molecule has 2 aromatic carbocycles. The molecule has 1 fully saturated rings. The number of benzene rings is 2. The molecule has 2 aromatic rings. The minimum absolute atomic E-state index is 0.00985. The molecule has 27 heavy (non-hydrogen) atoms. The van der Waals surface area contributed by atoms with E-state index in [0.717, 1.165) is 16.8 Å². The van der Waals surface area contributed by atoms with Crippen molar-refractivity contribution >= 4 is 23.2 Å². The molecule has 142 valence electrons. The quantitative estimate of drug-likeness (QED) is 0.867. The van der Waals surface area contributed by atoms with E-state index in [1.807, 2.05) is 70.2 Å². The van der Waals surface area contributed by atoms with E-state index in [1.165, 1.54) is 0 Å². The minimum Gasteiger partial charge on any atom is -0.489 e. The number of nitrogens with one attached hydrogen (secondary N) is 1. The first-order chi connectivity index (χ1) is 12.9. The summed E-state index contributed by atoms with van der Waals surface area (Å²) >= 11 is 0. The van der Waals surface area contributed by atoms with Gasteiger partial charge in [0, 0.05) is 18.7 Å². The molecule has 1 aliphatic heterocycles. The third-order valence-corrected chi connectivity index (χ3v) is 4.71. The van der Waals surface area contributed by atoms with Crippen LogP contribution in [0.2, 0.25) is 0 Å². The summed E-state index contributed by atoms with van der Waals surface area (Å²) in [7, 11) is 0. The molecule has 2 amide bonds. The summed E-state index contributed by atoms with van der Waals surface area (Å²) in [4.78, 5) is 27.1. The number of carbonyl (C=O) groups is 2. The Kier molecular flexibility index (Phi) is 5.49. The van der Waals surface area contributed by atoms with Crippen molar-refractivity contribution in [1.82, 2.24) is 0 Å². The highest BCUT2D eigenvalue weighted by atomic mass is 16.5. The Morgan fingerprint density at radius 1 is 1.11 bits per heavy atom. The molecule has 1 atom stereocenters. The Morgan fingerprint density at radius 3 is 2.44 bits per heavy atom. The topological polar surface area (TPSA) is 58.6 Å². The molecule has 0 aromatic heterocycles. The zero-order valence-corrected chi connectivity index (χ0v) is 16.3. The number of anilines is 2. The first kappa shape index (κ1) is 19.0. The van der Waals surface area contributed by atoms with Gasteiger partial charge >= 0.3 is 0 Å². The molecule has 5 nitrogen and oxygen atoms in total.